The highest BCUT2D eigenvalue weighted by Crippen LogP contribution is 2.30. The van der Waals surface area contributed by atoms with Crippen LogP contribution in [0, 0.1) is 6.92 Å². The zero-order valence-electron chi connectivity index (χ0n) is 14.4. The van der Waals surface area contributed by atoms with Gasteiger partial charge in [0.15, 0.2) is 0 Å². The van der Waals surface area contributed by atoms with Crippen molar-refractivity contribution in [1.29, 1.82) is 0 Å². The van der Waals surface area contributed by atoms with Crippen LogP contribution in [0.4, 0.5) is 0 Å². The molecule has 0 spiro atoms. The topological polar surface area (TPSA) is 43.1 Å². The molecule has 1 aliphatic rings. The summed E-state index contributed by atoms with van der Waals surface area (Å²) in [6.45, 7) is 6.41. The van der Waals surface area contributed by atoms with Crippen molar-refractivity contribution in [2.45, 2.75) is 33.4 Å². The third-order valence-corrected chi connectivity index (χ3v) is 5.23. The maximum atomic E-state index is 13.1. The van der Waals surface area contributed by atoms with E-state index in [-0.39, 0.29) is 5.91 Å². The zero-order chi connectivity index (χ0) is 16.8. The van der Waals surface area contributed by atoms with Gasteiger partial charge in [-0.15, -0.1) is 0 Å². The first-order chi connectivity index (χ1) is 11.6. The number of imidazole rings is 1. The van der Waals surface area contributed by atoms with E-state index in [1.807, 2.05) is 29.4 Å². The minimum atomic E-state index is 0.124. The van der Waals surface area contributed by atoms with Crippen LogP contribution in [0.2, 0.25) is 0 Å². The molecule has 1 amide bonds. The summed E-state index contributed by atoms with van der Waals surface area (Å²) in [7, 11) is 2.05. The zero-order valence-corrected chi connectivity index (χ0v) is 14.4. The largest absolute Gasteiger partial charge is 0.347 e. The van der Waals surface area contributed by atoms with E-state index in [2.05, 4.69) is 41.1 Å². The Bertz CT molecular complexity index is 934. The molecule has 1 aliphatic heterocycles. The average Bonchev–Trinajstić information content (AvgIpc) is 3.09. The molecule has 0 aliphatic carbocycles. The smallest absolute Gasteiger partial charge is 0.256 e. The van der Waals surface area contributed by atoms with Crippen molar-refractivity contribution in [2.24, 2.45) is 7.05 Å². The maximum Gasteiger partial charge on any atom is 0.256 e. The number of carbonyl (C=O) groups is 1. The van der Waals surface area contributed by atoms with Gasteiger partial charge in [0.1, 0.15) is 0 Å². The van der Waals surface area contributed by atoms with Gasteiger partial charge in [-0.2, -0.15) is 0 Å². The minimum absolute atomic E-state index is 0.124. The predicted molar refractivity (Wildman–Crippen MR) is 94.0 cm³/mol. The van der Waals surface area contributed by atoms with Gasteiger partial charge in [0, 0.05) is 48.8 Å². The van der Waals surface area contributed by atoms with Crippen LogP contribution in [0.1, 0.15) is 34.4 Å². The molecule has 5 nitrogen and oxygen atoms in total. The first-order valence-electron chi connectivity index (χ1n) is 8.48. The summed E-state index contributed by atoms with van der Waals surface area (Å²) >= 11 is 0. The summed E-state index contributed by atoms with van der Waals surface area (Å²) < 4.78 is 4.28. The van der Waals surface area contributed by atoms with E-state index in [0.29, 0.717) is 6.54 Å². The molecular formula is C19H22N4O. The Hall–Kier alpha value is -2.56. The highest BCUT2D eigenvalue weighted by molar-refractivity contribution is 6.09. The number of nitrogens with zero attached hydrogens (tertiary/aromatic N) is 4. The summed E-state index contributed by atoms with van der Waals surface area (Å²) in [5.41, 5.74) is 5.28. The molecule has 4 rings (SSSR count). The molecule has 0 saturated carbocycles. The van der Waals surface area contributed by atoms with E-state index >= 15 is 0 Å². The number of amides is 1. The summed E-state index contributed by atoms with van der Waals surface area (Å²) in [4.78, 5) is 19.6. The number of carbonyl (C=O) groups excluding carboxylic acids is 1. The second-order valence-corrected chi connectivity index (χ2v) is 6.44. The Morgan fingerprint density at radius 1 is 1.25 bits per heavy atom. The summed E-state index contributed by atoms with van der Waals surface area (Å²) in [5, 5.41) is 1.06. The Balaban J connectivity index is 1.71. The molecule has 124 valence electrons. The van der Waals surface area contributed by atoms with Crippen LogP contribution in [0.25, 0.3) is 10.9 Å². The number of hydrogen-bond acceptors (Lipinski definition) is 2. The van der Waals surface area contributed by atoms with Crippen molar-refractivity contribution in [1.82, 2.24) is 19.0 Å². The van der Waals surface area contributed by atoms with Crippen LogP contribution < -0.4 is 0 Å². The Morgan fingerprint density at radius 3 is 2.79 bits per heavy atom. The van der Waals surface area contributed by atoms with Crippen LogP contribution in [-0.2, 0) is 26.6 Å². The Kier molecular flexibility index (Phi) is 3.44. The molecule has 3 heterocycles. The van der Waals surface area contributed by atoms with Crippen molar-refractivity contribution in [2.75, 3.05) is 6.54 Å². The highest BCUT2D eigenvalue weighted by Gasteiger charge is 2.30. The maximum absolute atomic E-state index is 13.1. The Labute approximate surface area is 141 Å². The monoisotopic (exact) mass is 322 g/mol. The lowest BCUT2D eigenvalue weighted by molar-refractivity contribution is 0.0725. The molecule has 0 radical (unpaired) electrons. The molecule has 5 heteroatoms. The van der Waals surface area contributed by atoms with Gasteiger partial charge in [-0.3, -0.25) is 4.79 Å². The predicted octanol–water partition coefficient (Wildman–Crippen LogP) is 2.90. The van der Waals surface area contributed by atoms with Crippen molar-refractivity contribution in [3.05, 3.63) is 53.2 Å². The lowest BCUT2D eigenvalue weighted by Crippen LogP contribution is -2.37. The fourth-order valence-corrected chi connectivity index (χ4v) is 3.77. The van der Waals surface area contributed by atoms with E-state index in [9.17, 15) is 4.79 Å². The minimum Gasteiger partial charge on any atom is -0.347 e. The number of hydrogen-bond donors (Lipinski definition) is 0. The van der Waals surface area contributed by atoms with Gasteiger partial charge in [-0.25, -0.2) is 4.98 Å². The van der Waals surface area contributed by atoms with Gasteiger partial charge in [0.25, 0.3) is 5.91 Å². The summed E-state index contributed by atoms with van der Waals surface area (Å²) in [6.07, 6.45) is 2.75. The fourth-order valence-electron chi connectivity index (χ4n) is 3.77. The van der Waals surface area contributed by atoms with E-state index in [1.165, 1.54) is 0 Å². The van der Waals surface area contributed by atoms with Crippen molar-refractivity contribution in [3.8, 4) is 0 Å². The lowest BCUT2D eigenvalue weighted by Gasteiger charge is -2.27. The van der Waals surface area contributed by atoms with E-state index in [1.54, 1.807) is 0 Å². The number of rotatable bonds is 3. The molecule has 0 fully saturated rings. The Morgan fingerprint density at radius 2 is 2.04 bits per heavy atom. The van der Waals surface area contributed by atoms with Gasteiger partial charge in [-0.05, 0) is 19.9 Å². The fraction of sp³-hybridized carbons (Fsp3) is 0.368. The van der Waals surface area contributed by atoms with Gasteiger partial charge < -0.3 is 14.0 Å². The van der Waals surface area contributed by atoms with Crippen LogP contribution in [-0.4, -0.2) is 31.5 Å². The quantitative estimate of drug-likeness (QED) is 0.744. The molecule has 0 bridgehead atoms. The number of aryl methyl sites for hydroxylation is 2. The number of para-hydroxylation sites is 1. The summed E-state index contributed by atoms with van der Waals surface area (Å²) in [5.74, 6) is 0.124. The second-order valence-electron chi connectivity index (χ2n) is 6.44. The van der Waals surface area contributed by atoms with Gasteiger partial charge in [0.05, 0.1) is 24.1 Å². The van der Waals surface area contributed by atoms with E-state index in [0.717, 1.165) is 53.1 Å². The average molecular weight is 322 g/mol. The molecule has 0 N–H and O–H groups in total. The molecule has 1 aromatic carbocycles. The van der Waals surface area contributed by atoms with Gasteiger partial charge in [0.2, 0.25) is 0 Å². The van der Waals surface area contributed by atoms with E-state index in [4.69, 9.17) is 0 Å². The van der Waals surface area contributed by atoms with Crippen molar-refractivity contribution in [3.63, 3.8) is 0 Å². The lowest BCUT2D eigenvalue weighted by atomic mass is 10.0. The van der Waals surface area contributed by atoms with Crippen molar-refractivity contribution >= 4 is 16.8 Å². The molecule has 2 aromatic heterocycles. The van der Waals surface area contributed by atoms with Gasteiger partial charge in [-0.1, -0.05) is 18.2 Å². The third kappa shape index (κ3) is 2.08. The highest BCUT2D eigenvalue weighted by atomic mass is 16.2. The van der Waals surface area contributed by atoms with Gasteiger partial charge >= 0.3 is 0 Å². The molecule has 0 atom stereocenters. The molecule has 0 saturated heterocycles. The number of fused-ring (bicyclic) bond motifs is 3. The second kappa shape index (κ2) is 5.51. The first kappa shape index (κ1) is 15.0. The van der Waals surface area contributed by atoms with Crippen LogP contribution in [0.15, 0.2) is 30.6 Å². The third-order valence-electron chi connectivity index (χ3n) is 5.23. The molecule has 0 unspecified atom stereocenters. The summed E-state index contributed by atoms with van der Waals surface area (Å²) in [6, 6.07) is 8.16. The molecule has 3 aromatic rings. The number of aromatic nitrogens is 3. The van der Waals surface area contributed by atoms with Crippen molar-refractivity contribution < 1.29 is 4.79 Å². The molecular weight excluding hydrogens is 300 g/mol. The number of benzene rings is 1. The first-order valence-corrected chi connectivity index (χ1v) is 8.48. The normalized spacial score (nSPS) is 14.5. The van der Waals surface area contributed by atoms with Crippen LogP contribution in [0.3, 0.4) is 0 Å². The SMILES string of the molecule is CCn1cnc(CN2CCc3c(c4ccccc4n3C)C2=O)c1C. The van der Waals surface area contributed by atoms with E-state index < -0.39 is 0 Å². The molecule has 24 heavy (non-hydrogen) atoms. The van der Waals surface area contributed by atoms with Crippen LogP contribution >= 0.6 is 0 Å². The standard InChI is InChI=1S/C19H22N4O/c1-4-22-12-20-15(13(22)2)11-23-10-9-17-18(19(23)24)14-7-5-6-8-16(14)21(17)3/h5-8,12H,4,9-11H2,1-3H3. The van der Waals surface area contributed by atoms with Crippen LogP contribution in [0.5, 0.6) is 0 Å².